The first kappa shape index (κ1) is 35.8. The molecule has 1 amide bonds. The molecular formula is C41H56N6O3. The Morgan fingerprint density at radius 1 is 1.04 bits per heavy atom. The molecule has 2 bridgehead atoms. The van der Waals surface area contributed by atoms with E-state index in [-0.39, 0.29) is 18.1 Å². The number of pyridine rings is 1. The third-order valence-corrected chi connectivity index (χ3v) is 11.1. The van der Waals surface area contributed by atoms with Crippen molar-refractivity contribution in [3.05, 3.63) is 76.7 Å². The number of rotatable bonds is 11. The van der Waals surface area contributed by atoms with Gasteiger partial charge in [-0.15, -0.1) is 0 Å². The third-order valence-electron chi connectivity index (χ3n) is 11.1. The molecule has 2 unspecified atom stereocenters. The average Bonchev–Trinajstić information content (AvgIpc) is 3.89. The second kappa shape index (κ2) is 15.1. The van der Waals surface area contributed by atoms with Crippen LogP contribution in [0.3, 0.4) is 0 Å². The number of hydrogen-bond donors (Lipinski definition) is 2. The van der Waals surface area contributed by atoms with Crippen LogP contribution in [0.4, 0.5) is 4.79 Å². The van der Waals surface area contributed by atoms with Crippen molar-refractivity contribution in [3.63, 3.8) is 0 Å². The minimum absolute atomic E-state index is 0.0409. The number of aliphatic imine (C=N–C) groups is 1. The lowest BCUT2D eigenvalue weighted by molar-refractivity contribution is -0.131. The van der Waals surface area contributed by atoms with Crippen LogP contribution in [0.15, 0.2) is 53.9 Å². The number of nitrogens with one attached hydrogen (secondary N) is 2. The van der Waals surface area contributed by atoms with Crippen LogP contribution in [-0.4, -0.2) is 82.5 Å². The number of aromatic nitrogens is 2. The predicted octanol–water partition coefficient (Wildman–Crippen LogP) is 7.40. The Hall–Kier alpha value is -3.98. The molecule has 1 aromatic carbocycles. The highest BCUT2D eigenvalue weighted by molar-refractivity contribution is 5.94. The highest BCUT2D eigenvalue weighted by Gasteiger charge is 2.47. The van der Waals surface area contributed by atoms with Crippen LogP contribution in [0, 0.1) is 25.2 Å². The number of alkyl carbamates (subject to hydrolysis) is 1. The van der Waals surface area contributed by atoms with Crippen molar-refractivity contribution >= 4 is 17.8 Å². The van der Waals surface area contributed by atoms with Crippen LogP contribution in [0.5, 0.6) is 0 Å². The number of nitrogens with zero attached hydrogens (tertiary/aromatic N) is 4. The van der Waals surface area contributed by atoms with Gasteiger partial charge in [0.25, 0.3) is 0 Å². The molecule has 6 rings (SSSR count). The van der Waals surface area contributed by atoms with Gasteiger partial charge in [0.1, 0.15) is 0 Å². The zero-order chi connectivity index (χ0) is 35.6. The van der Waals surface area contributed by atoms with Gasteiger partial charge in [0.05, 0.1) is 12.1 Å². The average molecular weight is 681 g/mol. The Kier molecular flexibility index (Phi) is 10.8. The van der Waals surface area contributed by atoms with Gasteiger partial charge >= 0.3 is 6.09 Å². The molecule has 0 saturated carbocycles. The van der Waals surface area contributed by atoms with Crippen molar-refractivity contribution in [2.24, 2.45) is 16.3 Å². The number of aryl methyl sites for hydroxylation is 3. The van der Waals surface area contributed by atoms with E-state index in [1.54, 1.807) is 0 Å². The molecule has 3 fully saturated rings. The molecule has 3 saturated heterocycles. The number of likely N-dealkylation sites (tertiary alicyclic amines) is 1. The standard InChI is InChI=1S/C41H56N6O3/c1-26(2)50-40(49)45-39(47-19-13-33(25-47)30-9-15-42-16-10-30)44-23-29(5)35-32(24-43-36(35)34-21-27(3)20-28(4)22-34)8-14-41(6,7)38(48)37-31-11-17-46(37)18-12-31/h9-10,15-16,20-22,24,26,29,31,33,37,43H,8,11-14,17-19,23,25H2,1-7H3,(H,44,45,49)/t29-,33?,37?/m1/s1. The number of guanidine groups is 1. The van der Waals surface area contributed by atoms with Gasteiger partial charge < -0.3 is 14.6 Å². The summed E-state index contributed by atoms with van der Waals surface area (Å²) in [5.74, 6) is 1.85. The second-order valence-electron chi connectivity index (χ2n) is 15.9. The van der Waals surface area contributed by atoms with Gasteiger partial charge in [-0.1, -0.05) is 38.0 Å². The largest absolute Gasteiger partial charge is 0.447 e. The van der Waals surface area contributed by atoms with Crippen molar-refractivity contribution < 1.29 is 14.3 Å². The summed E-state index contributed by atoms with van der Waals surface area (Å²) in [5, 5.41) is 2.99. The van der Waals surface area contributed by atoms with Gasteiger partial charge in [-0.3, -0.25) is 25.0 Å². The Morgan fingerprint density at radius 3 is 2.38 bits per heavy atom. The number of ketones is 1. The Morgan fingerprint density at radius 2 is 1.74 bits per heavy atom. The van der Waals surface area contributed by atoms with Gasteiger partial charge in [-0.2, -0.15) is 0 Å². The lowest BCUT2D eigenvalue weighted by Gasteiger charge is -2.29. The van der Waals surface area contributed by atoms with E-state index in [9.17, 15) is 9.59 Å². The SMILES string of the molecule is Cc1cc(C)cc(-c2[nH]cc(CCC(C)(C)C(=O)C3C4CCN3CC4)c2[C@H](C)CN=C(NC(=O)OC(C)C)N2CCC(c3ccncc3)C2)c1. The van der Waals surface area contributed by atoms with Crippen LogP contribution in [0.2, 0.25) is 0 Å². The van der Waals surface area contributed by atoms with Crippen LogP contribution in [-0.2, 0) is 16.0 Å². The molecule has 3 aliphatic heterocycles. The smallest absolute Gasteiger partial charge is 0.414 e. The fourth-order valence-corrected chi connectivity index (χ4v) is 8.49. The van der Waals surface area contributed by atoms with Crippen molar-refractivity contribution in [2.45, 2.75) is 105 Å². The van der Waals surface area contributed by atoms with E-state index in [0.717, 1.165) is 69.5 Å². The first-order chi connectivity index (χ1) is 23.9. The number of carbonyl (C=O) groups is 2. The molecule has 268 valence electrons. The minimum Gasteiger partial charge on any atom is -0.447 e. The number of Topliss-reactive ketones (excluding diaryl/α,β-unsaturated/α-hetero) is 1. The Bertz CT molecular complexity index is 1650. The first-order valence-corrected chi connectivity index (χ1v) is 18.6. The quantitative estimate of drug-likeness (QED) is 0.162. The van der Waals surface area contributed by atoms with Crippen molar-refractivity contribution in [3.8, 4) is 11.3 Å². The number of benzene rings is 1. The monoisotopic (exact) mass is 680 g/mol. The molecule has 3 aliphatic rings. The van der Waals surface area contributed by atoms with Gasteiger partial charge in [0.2, 0.25) is 5.96 Å². The van der Waals surface area contributed by atoms with E-state index >= 15 is 0 Å². The molecule has 0 radical (unpaired) electrons. The fourth-order valence-electron chi connectivity index (χ4n) is 8.49. The summed E-state index contributed by atoms with van der Waals surface area (Å²) < 4.78 is 5.48. The summed E-state index contributed by atoms with van der Waals surface area (Å²) in [6.07, 6.45) is 9.94. The second-order valence-corrected chi connectivity index (χ2v) is 15.9. The number of ether oxygens (including phenoxy) is 1. The van der Waals surface area contributed by atoms with E-state index in [1.165, 1.54) is 27.8 Å². The molecule has 9 heteroatoms. The van der Waals surface area contributed by atoms with Gasteiger partial charge in [0, 0.05) is 61.2 Å². The molecule has 0 spiro atoms. The van der Waals surface area contributed by atoms with Gasteiger partial charge in [-0.25, -0.2) is 4.79 Å². The van der Waals surface area contributed by atoms with Gasteiger partial charge in [0.15, 0.2) is 5.78 Å². The first-order valence-electron chi connectivity index (χ1n) is 18.6. The highest BCUT2D eigenvalue weighted by Crippen LogP contribution is 2.41. The maximum atomic E-state index is 13.9. The predicted molar refractivity (Wildman–Crippen MR) is 200 cm³/mol. The fraction of sp³-hybridized carbons (Fsp3) is 0.561. The number of fused-ring (bicyclic) bond motifs is 2. The summed E-state index contributed by atoms with van der Waals surface area (Å²) in [6, 6.07) is 10.9. The summed E-state index contributed by atoms with van der Waals surface area (Å²) in [5.41, 5.74) is 7.98. The van der Waals surface area contributed by atoms with Crippen molar-refractivity contribution in [1.82, 2.24) is 25.1 Å². The maximum Gasteiger partial charge on any atom is 0.414 e. The zero-order valence-electron chi connectivity index (χ0n) is 31.1. The molecule has 5 heterocycles. The topological polar surface area (TPSA) is 103 Å². The number of aromatic amines is 1. The van der Waals surface area contributed by atoms with Crippen LogP contribution >= 0.6 is 0 Å². The summed E-state index contributed by atoms with van der Waals surface area (Å²) in [6.45, 7) is 18.6. The van der Waals surface area contributed by atoms with E-state index in [2.05, 4.69) is 96.2 Å². The van der Waals surface area contributed by atoms with Crippen LogP contribution < -0.4 is 5.32 Å². The van der Waals surface area contributed by atoms with Crippen molar-refractivity contribution in [1.29, 1.82) is 0 Å². The Balaban J connectivity index is 1.26. The molecule has 50 heavy (non-hydrogen) atoms. The third kappa shape index (κ3) is 7.98. The number of amides is 1. The van der Waals surface area contributed by atoms with E-state index in [0.29, 0.717) is 30.1 Å². The normalized spacial score (nSPS) is 22.7. The molecule has 2 N–H and O–H groups in total. The van der Waals surface area contributed by atoms with E-state index in [4.69, 9.17) is 9.73 Å². The number of piperidine rings is 1. The Labute approximate surface area is 298 Å². The van der Waals surface area contributed by atoms with E-state index < -0.39 is 11.5 Å². The van der Waals surface area contributed by atoms with E-state index in [1.807, 2.05) is 26.2 Å². The number of H-pyrrole nitrogens is 1. The zero-order valence-corrected chi connectivity index (χ0v) is 31.1. The lowest BCUT2D eigenvalue weighted by Crippen LogP contribution is -2.44. The molecule has 3 aromatic rings. The molecule has 3 atom stereocenters. The van der Waals surface area contributed by atoms with Crippen LogP contribution in [0.25, 0.3) is 11.3 Å². The molecule has 9 nitrogen and oxygen atoms in total. The molecule has 2 aromatic heterocycles. The maximum absolute atomic E-state index is 13.9. The minimum atomic E-state index is -0.490. The van der Waals surface area contributed by atoms with Crippen molar-refractivity contribution in [2.75, 3.05) is 32.7 Å². The highest BCUT2D eigenvalue weighted by atomic mass is 16.6. The molecule has 0 aliphatic carbocycles. The van der Waals surface area contributed by atoms with Gasteiger partial charge in [-0.05, 0) is 125 Å². The number of carbonyl (C=O) groups excluding carboxylic acids is 2. The summed E-state index contributed by atoms with van der Waals surface area (Å²) in [7, 11) is 0. The number of hydrogen-bond acceptors (Lipinski definition) is 6. The molecular weight excluding hydrogens is 624 g/mol. The van der Waals surface area contributed by atoms with Crippen LogP contribution in [0.1, 0.15) is 100.0 Å². The lowest BCUT2D eigenvalue weighted by atomic mass is 9.76. The summed E-state index contributed by atoms with van der Waals surface area (Å²) >= 11 is 0. The summed E-state index contributed by atoms with van der Waals surface area (Å²) in [4.78, 5) is 44.3.